The Bertz CT molecular complexity index is 565. The van der Waals surface area contributed by atoms with Crippen LogP contribution in [0, 0.1) is 5.92 Å². The Morgan fingerprint density at radius 1 is 1.25 bits per heavy atom. The zero-order valence-corrected chi connectivity index (χ0v) is 12.7. The second-order valence-corrected chi connectivity index (χ2v) is 5.99. The van der Waals surface area contributed by atoms with Gasteiger partial charge in [0.2, 0.25) is 5.95 Å². The summed E-state index contributed by atoms with van der Waals surface area (Å²) in [6, 6.07) is 0.231. The molecule has 0 aromatic carbocycles. The first-order valence-corrected chi connectivity index (χ1v) is 8.08. The van der Waals surface area contributed by atoms with Crippen molar-refractivity contribution in [2.45, 2.75) is 45.6 Å². The van der Waals surface area contributed by atoms with Gasteiger partial charge in [-0.3, -0.25) is 0 Å². The van der Waals surface area contributed by atoms with Gasteiger partial charge in [0.25, 0.3) is 0 Å². The highest BCUT2D eigenvalue weighted by Gasteiger charge is 2.34. The molecule has 3 rings (SSSR count). The summed E-state index contributed by atoms with van der Waals surface area (Å²) in [4.78, 5) is 9.04. The molecule has 6 heteroatoms. The van der Waals surface area contributed by atoms with E-state index in [-0.39, 0.29) is 6.04 Å². The average molecular weight is 289 g/mol. The van der Waals surface area contributed by atoms with E-state index in [4.69, 9.17) is 0 Å². The van der Waals surface area contributed by atoms with Gasteiger partial charge in [-0.2, -0.15) is 5.10 Å². The number of hydrogen-bond acceptors (Lipinski definition) is 6. The number of rotatable bonds is 6. The van der Waals surface area contributed by atoms with Crippen molar-refractivity contribution in [1.29, 1.82) is 0 Å². The SMILES string of the molecule is CCc1nnc(NC(c2nccs2)C2CC2)nc1CC. The van der Waals surface area contributed by atoms with Crippen LogP contribution in [-0.4, -0.2) is 20.2 Å². The molecule has 1 unspecified atom stereocenters. The van der Waals surface area contributed by atoms with Gasteiger partial charge in [-0.05, 0) is 31.6 Å². The Kier molecular flexibility index (Phi) is 3.91. The third-order valence-corrected chi connectivity index (χ3v) is 4.46. The largest absolute Gasteiger partial charge is 0.343 e. The van der Waals surface area contributed by atoms with Crippen LogP contribution in [-0.2, 0) is 12.8 Å². The number of anilines is 1. The topological polar surface area (TPSA) is 63.6 Å². The maximum Gasteiger partial charge on any atom is 0.243 e. The van der Waals surface area contributed by atoms with E-state index >= 15 is 0 Å². The van der Waals surface area contributed by atoms with Crippen LogP contribution in [0.25, 0.3) is 0 Å². The molecular weight excluding hydrogens is 270 g/mol. The maximum atomic E-state index is 4.61. The van der Waals surface area contributed by atoms with Crippen LogP contribution >= 0.6 is 11.3 Å². The van der Waals surface area contributed by atoms with Gasteiger partial charge in [-0.25, -0.2) is 9.97 Å². The molecule has 1 saturated carbocycles. The molecule has 20 heavy (non-hydrogen) atoms. The monoisotopic (exact) mass is 289 g/mol. The van der Waals surface area contributed by atoms with Crippen LogP contribution in [0.2, 0.25) is 0 Å². The minimum atomic E-state index is 0.231. The molecule has 1 fully saturated rings. The van der Waals surface area contributed by atoms with Gasteiger partial charge in [-0.15, -0.1) is 16.4 Å². The molecule has 1 aliphatic carbocycles. The number of nitrogens with one attached hydrogen (secondary N) is 1. The second-order valence-electron chi connectivity index (χ2n) is 5.07. The first kappa shape index (κ1) is 13.4. The molecule has 1 N–H and O–H groups in total. The first-order valence-electron chi connectivity index (χ1n) is 7.20. The van der Waals surface area contributed by atoms with Gasteiger partial charge in [0.05, 0.1) is 17.4 Å². The highest BCUT2D eigenvalue weighted by Crippen LogP contribution is 2.42. The van der Waals surface area contributed by atoms with Crippen LogP contribution in [0.5, 0.6) is 0 Å². The summed E-state index contributed by atoms with van der Waals surface area (Å²) in [5.74, 6) is 1.28. The van der Waals surface area contributed by atoms with Gasteiger partial charge < -0.3 is 5.32 Å². The molecule has 2 heterocycles. The highest BCUT2D eigenvalue weighted by molar-refractivity contribution is 7.09. The molecular formula is C14H19N5S. The maximum absolute atomic E-state index is 4.61. The zero-order chi connectivity index (χ0) is 13.9. The normalized spacial score (nSPS) is 16.1. The molecule has 0 saturated heterocycles. The van der Waals surface area contributed by atoms with Gasteiger partial charge in [0, 0.05) is 11.6 Å². The van der Waals surface area contributed by atoms with Crippen molar-refractivity contribution >= 4 is 17.3 Å². The number of hydrogen-bond donors (Lipinski definition) is 1. The second kappa shape index (κ2) is 5.83. The summed E-state index contributed by atoms with van der Waals surface area (Å²) < 4.78 is 0. The van der Waals surface area contributed by atoms with Crippen LogP contribution in [0.15, 0.2) is 11.6 Å². The van der Waals surface area contributed by atoms with Crippen molar-refractivity contribution < 1.29 is 0 Å². The third kappa shape index (κ3) is 2.80. The number of thiazole rings is 1. The quantitative estimate of drug-likeness (QED) is 0.885. The molecule has 0 amide bonds. The summed E-state index contributed by atoms with van der Waals surface area (Å²) in [7, 11) is 0. The predicted molar refractivity (Wildman–Crippen MR) is 79.8 cm³/mol. The van der Waals surface area contributed by atoms with E-state index < -0.39 is 0 Å². The summed E-state index contributed by atoms with van der Waals surface area (Å²) in [5.41, 5.74) is 2.04. The molecule has 0 radical (unpaired) electrons. The molecule has 0 aliphatic heterocycles. The Morgan fingerprint density at radius 3 is 2.65 bits per heavy atom. The first-order chi connectivity index (χ1) is 9.81. The van der Waals surface area contributed by atoms with E-state index in [0.29, 0.717) is 11.9 Å². The fourth-order valence-electron chi connectivity index (χ4n) is 2.34. The molecule has 0 bridgehead atoms. The Balaban J connectivity index is 1.82. The van der Waals surface area contributed by atoms with Gasteiger partial charge in [-0.1, -0.05) is 13.8 Å². The van der Waals surface area contributed by atoms with E-state index in [0.717, 1.165) is 29.2 Å². The molecule has 1 atom stereocenters. The van der Waals surface area contributed by atoms with Gasteiger partial charge in [0.15, 0.2) is 0 Å². The zero-order valence-electron chi connectivity index (χ0n) is 11.8. The lowest BCUT2D eigenvalue weighted by molar-refractivity contribution is 0.659. The van der Waals surface area contributed by atoms with Crippen molar-refractivity contribution in [1.82, 2.24) is 20.2 Å². The highest BCUT2D eigenvalue weighted by atomic mass is 32.1. The lowest BCUT2D eigenvalue weighted by Gasteiger charge is -2.16. The summed E-state index contributed by atoms with van der Waals surface area (Å²) >= 11 is 1.69. The van der Waals surface area contributed by atoms with E-state index in [1.54, 1.807) is 11.3 Å². The number of nitrogens with zero attached hydrogens (tertiary/aromatic N) is 4. The average Bonchev–Trinajstić information content (AvgIpc) is 3.18. The van der Waals surface area contributed by atoms with E-state index in [1.807, 2.05) is 11.6 Å². The summed E-state index contributed by atoms with van der Waals surface area (Å²) in [5, 5.41) is 15.1. The fraction of sp³-hybridized carbons (Fsp3) is 0.571. The van der Waals surface area contributed by atoms with Crippen molar-refractivity contribution in [2.24, 2.45) is 5.92 Å². The van der Waals surface area contributed by atoms with E-state index in [9.17, 15) is 0 Å². The lowest BCUT2D eigenvalue weighted by Crippen LogP contribution is -2.16. The molecule has 5 nitrogen and oxygen atoms in total. The van der Waals surface area contributed by atoms with Crippen LogP contribution in [0.3, 0.4) is 0 Å². The number of aryl methyl sites for hydroxylation is 2. The number of aromatic nitrogens is 4. The third-order valence-electron chi connectivity index (χ3n) is 3.60. The van der Waals surface area contributed by atoms with E-state index in [2.05, 4.69) is 39.3 Å². The Hall–Kier alpha value is -1.56. The molecule has 2 aromatic heterocycles. The van der Waals surface area contributed by atoms with Gasteiger partial charge >= 0.3 is 0 Å². The standard InChI is InChI=1S/C14H19N5S/c1-3-10-11(4-2)18-19-14(16-10)17-12(9-5-6-9)13-15-7-8-20-13/h7-9,12H,3-6H2,1-2H3,(H,16,17,19). The summed E-state index contributed by atoms with van der Waals surface area (Å²) in [6.45, 7) is 4.19. The summed E-state index contributed by atoms with van der Waals surface area (Å²) in [6.07, 6.45) is 6.12. The Labute approximate surface area is 122 Å². The van der Waals surface area contributed by atoms with Crippen molar-refractivity contribution in [3.05, 3.63) is 28.0 Å². The molecule has 0 spiro atoms. The predicted octanol–water partition coefficient (Wildman–Crippen LogP) is 3.02. The lowest BCUT2D eigenvalue weighted by atomic mass is 10.2. The molecule has 106 valence electrons. The smallest absolute Gasteiger partial charge is 0.243 e. The Morgan fingerprint density at radius 2 is 2.05 bits per heavy atom. The fourth-order valence-corrected chi connectivity index (χ4v) is 3.12. The minimum absolute atomic E-state index is 0.231. The van der Waals surface area contributed by atoms with Crippen molar-refractivity contribution in [3.63, 3.8) is 0 Å². The molecule has 2 aromatic rings. The minimum Gasteiger partial charge on any atom is -0.343 e. The van der Waals surface area contributed by atoms with E-state index in [1.165, 1.54) is 12.8 Å². The molecule has 1 aliphatic rings. The van der Waals surface area contributed by atoms with Crippen LogP contribution < -0.4 is 5.32 Å². The van der Waals surface area contributed by atoms with Crippen LogP contribution in [0.1, 0.15) is 49.1 Å². The van der Waals surface area contributed by atoms with Crippen molar-refractivity contribution in [3.8, 4) is 0 Å². The van der Waals surface area contributed by atoms with Gasteiger partial charge in [0.1, 0.15) is 5.01 Å². The van der Waals surface area contributed by atoms with Crippen molar-refractivity contribution in [2.75, 3.05) is 5.32 Å². The van der Waals surface area contributed by atoms with Crippen LogP contribution in [0.4, 0.5) is 5.95 Å².